The molecule has 0 spiro atoms. The van der Waals surface area contributed by atoms with E-state index in [0.29, 0.717) is 11.2 Å². The van der Waals surface area contributed by atoms with Crippen LogP contribution in [0, 0.1) is 0 Å². The number of aromatic amines is 1. The van der Waals surface area contributed by atoms with Crippen molar-refractivity contribution in [1.29, 1.82) is 0 Å². The lowest BCUT2D eigenvalue weighted by atomic mass is 10.4. The Morgan fingerprint density at radius 2 is 2.36 bits per heavy atom. The topological polar surface area (TPSA) is 58.6 Å². The van der Waals surface area contributed by atoms with Crippen molar-refractivity contribution >= 4 is 11.2 Å². The molecule has 0 aliphatic rings. The number of nitrogens with zero attached hydrogens (tertiary/aromatic N) is 2. The van der Waals surface area contributed by atoms with E-state index in [4.69, 9.17) is 1.37 Å². The van der Waals surface area contributed by atoms with Gasteiger partial charge >= 0.3 is 0 Å². The summed E-state index contributed by atoms with van der Waals surface area (Å²) in [6, 6.07) is 2.95. The molecule has 0 saturated heterocycles. The molecule has 0 atom stereocenters. The zero-order chi connectivity index (χ0) is 8.55. The molecular formula is C7H5N3O. The second-order valence-corrected chi connectivity index (χ2v) is 2.06. The maximum Gasteiger partial charge on any atom is 0.249 e. The lowest BCUT2D eigenvalue weighted by molar-refractivity contribution is 1.19. The summed E-state index contributed by atoms with van der Waals surface area (Å²) >= 11 is 0. The molecule has 1 N–H and O–H groups in total. The van der Waals surface area contributed by atoms with E-state index in [0.717, 1.165) is 0 Å². The molecule has 0 bridgehead atoms. The quantitative estimate of drug-likeness (QED) is 0.585. The van der Waals surface area contributed by atoms with Crippen LogP contribution in [-0.2, 0) is 0 Å². The molecule has 2 rings (SSSR count). The molecule has 0 aliphatic heterocycles. The molecule has 4 nitrogen and oxygen atoms in total. The van der Waals surface area contributed by atoms with Crippen molar-refractivity contribution in [1.82, 2.24) is 15.0 Å². The third-order valence-corrected chi connectivity index (χ3v) is 1.31. The van der Waals surface area contributed by atoms with Crippen molar-refractivity contribution in [2.24, 2.45) is 0 Å². The van der Waals surface area contributed by atoms with Crippen LogP contribution in [0.1, 0.15) is 1.37 Å². The molecule has 0 aliphatic carbocycles. The molecule has 0 unspecified atom stereocenters. The first-order valence-electron chi connectivity index (χ1n) is 3.58. The van der Waals surface area contributed by atoms with E-state index in [2.05, 4.69) is 15.0 Å². The summed E-state index contributed by atoms with van der Waals surface area (Å²) in [5, 5.41) is 0. The molecule has 0 radical (unpaired) electrons. The predicted molar refractivity (Wildman–Crippen MR) is 40.2 cm³/mol. The molecule has 0 saturated carbocycles. The molecule has 0 fully saturated rings. The van der Waals surface area contributed by atoms with Gasteiger partial charge in [-0.2, -0.15) is 0 Å². The van der Waals surface area contributed by atoms with Crippen LogP contribution in [0.4, 0.5) is 0 Å². The zero-order valence-electron chi connectivity index (χ0n) is 6.53. The second-order valence-electron chi connectivity index (χ2n) is 2.06. The van der Waals surface area contributed by atoms with Gasteiger partial charge < -0.3 is 4.98 Å². The van der Waals surface area contributed by atoms with Crippen molar-refractivity contribution in [2.45, 2.75) is 0 Å². The summed E-state index contributed by atoms with van der Waals surface area (Å²) in [4.78, 5) is 21.0. The van der Waals surface area contributed by atoms with Gasteiger partial charge in [0.15, 0.2) is 5.65 Å². The van der Waals surface area contributed by atoms with Crippen molar-refractivity contribution in [3.63, 3.8) is 0 Å². The first-order chi connectivity index (χ1) is 5.75. The van der Waals surface area contributed by atoms with E-state index in [9.17, 15) is 4.79 Å². The summed E-state index contributed by atoms with van der Waals surface area (Å²) < 4.78 is 7.15. The predicted octanol–water partition coefficient (Wildman–Crippen LogP) is 0.318. The van der Waals surface area contributed by atoms with E-state index in [1.54, 1.807) is 6.07 Å². The smallest absolute Gasteiger partial charge is 0.249 e. The maximum absolute atomic E-state index is 10.8. The van der Waals surface area contributed by atoms with Crippen LogP contribution in [0.3, 0.4) is 0 Å². The SMILES string of the molecule is [2H]c1cnc2ccc(=O)[nH]c2n1. The van der Waals surface area contributed by atoms with E-state index in [1.165, 1.54) is 12.3 Å². The van der Waals surface area contributed by atoms with Gasteiger partial charge in [0.05, 0.1) is 1.37 Å². The number of pyridine rings is 1. The van der Waals surface area contributed by atoms with Crippen molar-refractivity contribution in [3.05, 3.63) is 34.9 Å². The van der Waals surface area contributed by atoms with Gasteiger partial charge in [0.2, 0.25) is 5.56 Å². The van der Waals surface area contributed by atoms with Gasteiger partial charge in [0.25, 0.3) is 0 Å². The standard InChI is InChI=1S/C7H5N3O/c11-6-2-1-5-7(10-6)9-4-3-8-5/h1-4H,(H,9,10,11)/i4D. The lowest BCUT2D eigenvalue weighted by Crippen LogP contribution is -2.03. The van der Waals surface area contributed by atoms with Crippen LogP contribution in [0.5, 0.6) is 0 Å². The lowest BCUT2D eigenvalue weighted by Gasteiger charge is -1.91. The fraction of sp³-hybridized carbons (Fsp3) is 0. The third-order valence-electron chi connectivity index (χ3n) is 1.31. The van der Waals surface area contributed by atoms with Crippen LogP contribution in [0.25, 0.3) is 11.2 Å². The van der Waals surface area contributed by atoms with Crippen molar-refractivity contribution < 1.29 is 1.37 Å². The molecule has 11 heavy (non-hydrogen) atoms. The van der Waals surface area contributed by atoms with Gasteiger partial charge in [0.1, 0.15) is 5.52 Å². The number of fused-ring (bicyclic) bond motifs is 1. The molecule has 2 aromatic heterocycles. The fourth-order valence-corrected chi connectivity index (χ4v) is 0.837. The first-order valence-corrected chi connectivity index (χ1v) is 3.08. The van der Waals surface area contributed by atoms with Gasteiger partial charge in [-0.3, -0.25) is 9.78 Å². The minimum Gasteiger partial charge on any atom is -0.305 e. The van der Waals surface area contributed by atoms with Crippen LogP contribution < -0.4 is 5.56 Å². The van der Waals surface area contributed by atoms with E-state index < -0.39 is 0 Å². The highest BCUT2D eigenvalue weighted by atomic mass is 16.1. The Hall–Kier alpha value is -1.71. The largest absolute Gasteiger partial charge is 0.305 e. The van der Waals surface area contributed by atoms with E-state index in [-0.39, 0.29) is 11.7 Å². The average Bonchev–Trinajstić information content (AvgIpc) is 2.03. The molecule has 0 aromatic carbocycles. The number of rotatable bonds is 0. The highest BCUT2D eigenvalue weighted by molar-refractivity contribution is 5.67. The second kappa shape index (κ2) is 2.16. The zero-order valence-corrected chi connectivity index (χ0v) is 5.53. The van der Waals surface area contributed by atoms with E-state index in [1.807, 2.05) is 0 Å². The molecule has 54 valence electrons. The Morgan fingerprint density at radius 3 is 3.27 bits per heavy atom. The van der Waals surface area contributed by atoms with E-state index >= 15 is 0 Å². The Morgan fingerprint density at radius 1 is 1.45 bits per heavy atom. The van der Waals surface area contributed by atoms with Crippen LogP contribution in [0.2, 0.25) is 0 Å². The summed E-state index contributed by atoms with van der Waals surface area (Å²) in [7, 11) is 0. The van der Waals surface area contributed by atoms with Crippen molar-refractivity contribution in [2.75, 3.05) is 0 Å². The van der Waals surface area contributed by atoms with Gasteiger partial charge in [0, 0.05) is 18.4 Å². The van der Waals surface area contributed by atoms with Crippen LogP contribution in [0.15, 0.2) is 29.3 Å². The summed E-state index contributed by atoms with van der Waals surface area (Å²) in [5.74, 6) is 0. The maximum atomic E-state index is 10.8. The van der Waals surface area contributed by atoms with Crippen molar-refractivity contribution in [3.8, 4) is 0 Å². The number of hydrogen-bond acceptors (Lipinski definition) is 3. The minimum absolute atomic E-state index is 0.0457. The summed E-state index contributed by atoms with van der Waals surface area (Å²) in [5.41, 5.74) is 0.711. The molecule has 2 aromatic rings. The normalized spacial score (nSPS) is 11.5. The number of nitrogens with one attached hydrogen (secondary N) is 1. The van der Waals surface area contributed by atoms with Gasteiger partial charge in [-0.1, -0.05) is 0 Å². The fourth-order valence-electron chi connectivity index (χ4n) is 0.837. The minimum atomic E-state index is -0.234. The third kappa shape index (κ3) is 0.980. The molecule has 2 heterocycles. The number of aromatic nitrogens is 3. The van der Waals surface area contributed by atoms with Gasteiger partial charge in [-0.05, 0) is 6.07 Å². The van der Waals surface area contributed by atoms with Crippen LogP contribution in [-0.4, -0.2) is 15.0 Å². The summed E-state index contributed by atoms with van der Waals surface area (Å²) in [6.07, 6.45) is 1.38. The Bertz CT molecular complexity index is 479. The Labute approximate surface area is 63.3 Å². The first kappa shape index (κ1) is 5.01. The highest BCUT2D eigenvalue weighted by Crippen LogP contribution is 1.98. The monoisotopic (exact) mass is 148 g/mol. The summed E-state index contributed by atoms with van der Waals surface area (Å²) in [6.45, 7) is 0. The molecule has 0 amide bonds. The molecule has 4 heteroatoms. The Balaban J connectivity index is 2.89. The van der Waals surface area contributed by atoms with Gasteiger partial charge in [-0.15, -0.1) is 0 Å². The van der Waals surface area contributed by atoms with Gasteiger partial charge in [-0.25, -0.2) is 4.98 Å². The average molecular weight is 148 g/mol. The molecular weight excluding hydrogens is 142 g/mol. The number of hydrogen-bond donors (Lipinski definition) is 1. The van der Waals surface area contributed by atoms with Crippen LogP contribution >= 0.6 is 0 Å². The number of H-pyrrole nitrogens is 1. The Kier molecular flexibility index (Phi) is 0.982. The highest BCUT2D eigenvalue weighted by Gasteiger charge is 1.92.